The van der Waals surface area contributed by atoms with Gasteiger partial charge in [0.1, 0.15) is 6.04 Å². The van der Waals surface area contributed by atoms with Crippen molar-refractivity contribution in [2.45, 2.75) is 31.8 Å². The summed E-state index contributed by atoms with van der Waals surface area (Å²) in [5, 5.41) is 8.95. The van der Waals surface area contributed by atoms with Gasteiger partial charge in [-0.1, -0.05) is 0 Å². The maximum atomic E-state index is 11.9. The standard InChI is InChI=1S/C10H18N2O3/c1-7(11(2)3)9(13)12-6-4-5-8(12)10(14)15/h7-8H,4-6H2,1-3H3,(H,14,15)/t7-,8-/m0/s1. The van der Waals surface area contributed by atoms with Crippen molar-refractivity contribution in [1.29, 1.82) is 0 Å². The van der Waals surface area contributed by atoms with Crippen LogP contribution in [-0.4, -0.2) is 59.5 Å². The third-order valence-electron chi connectivity index (χ3n) is 2.95. The minimum Gasteiger partial charge on any atom is -0.480 e. The summed E-state index contributed by atoms with van der Waals surface area (Å²) in [7, 11) is 3.63. The Bertz CT molecular complexity index is 265. The molecule has 0 saturated carbocycles. The van der Waals surface area contributed by atoms with Gasteiger partial charge in [-0.25, -0.2) is 4.79 Å². The van der Waals surface area contributed by atoms with Gasteiger partial charge in [0.2, 0.25) is 5.91 Å². The molecule has 0 aliphatic carbocycles. The maximum absolute atomic E-state index is 11.9. The summed E-state index contributed by atoms with van der Waals surface area (Å²) in [4.78, 5) is 26.1. The van der Waals surface area contributed by atoms with E-state index in [1.54, 1.807) is 11.8 Å². The fraction of sp³-hybridized carbons (Fsp3) is 0.800. The molecule has 0 bridgehead atoms. The number of likely N-dealkylation sites (tertiary alicyclic amines) is 1. The third-order valence-corrected chi connectivity index (χ3v) is 2.95. The molecule has 1 aliphatic heterocycles. The van der Waals surface area contributed by atoms with E-state index in [0.29, 0.717) is 13.0 Å². The molecule has 1 fully saturated rings. The number of hydrogen-bond acceptors (Lipinski definition) is 3. The number of carbonyl (C=O) groups excluding carboxylic acids is 1. The van der Waals surface area contributed by atoms with Crippen LogP contribution in [-0.2, 0) is 9.59 Å². The van der Waals surface area contributed by atoms with E-state index in [9.17, 15) is 9.59 Å². The highest BCUT2D eigenvalue weighted by Gasteiger charge is 2.36. The van der Waals surface area contributed by atoms with Crippen LogP contribution >= 0.6 is 0 Å². The van der Waals surface area contributed by atoms with Crippen molar-refractivity contribution in [2.75, 3.05) is 20.6 Å². The van der Waals surface area contributed by atoms with Crippen LogP contribution in [0.5, 0.6) is 0 Å². The predicted octanol–water partition coefficient (Wildman–Crippen LogP) is 0.0121. The lowest BCUT2D eigenvalue weighted by atomic mass is 10.2. The molecule has 5 heteroatoms. The lowest BCUT2D eigenvalue weighted by Gasteiger charge is -2.27. The van der Waals surface area contributed by atoms with Gasteiger partial charge in [-0.2, -0.15) is 0 Å². The summed E-state index contributed by atoms with van der Waals surface area (Å²) < 4.78 is 0. The Labute approximate surface area is 89.7 Å². The lowest BCUT2D eigenvalue weighted by Crippen LogP contribution is -2.48. The molecule has 0 spiro atoms. The topological polar surface area (TPSA) is 60.9 Å². The highest BCUT2D eigenvalue weighted by atomic mass is 16.4. The van der Waals surface area contributed by atoms with Gasteiger partial charge in [-0.3, -0.25) is 9.69 Å². The Balaban J connectivity index is 2.70. The maximum Gasteiger partial charge on any atom is 0.326 e. The van der Waals surface area contributed by atoms with Crippen LogP contribution in [0.3, 0.4) is 0 Å². The van der Waals surface area contributed by atoms with Gasteiger partial charge in [0.25, 0.3) is 0 Å². The molecule has 0 aromatic rings. The van der Waals surface area contributed by atoms with Crippen LogP contribution in [0.25, 0.3) is 0 Å². The Hall–Kier alpha value is -1.10. The molecule has 1 N–H and O–H groups in total. The highest BCUT2D eigenvalue weighted by molar-refractivity contribution is 5.87. The van der Waals surface area contributed by atoms with Crippen LogP contribution in [0.4, 0.5) is 0 Å². The molecule has 5 nitrogen and oxygen atoms in total. The number of rotatable bonds is 3. The van der Waals surface area contributed by atoms with E-state index >= 15 is 0 Å². The zero-order valence-electron chi connectivity index (χ0n) is 9.43. The second-order valence-corrected chi connectivity index (χ2v) is 4.17. The molecule has 0 aromatic heterocycles. The molecule has 15 heavy (non-hydrogen) atoms. The molecule has 1 saturated heterocycles. The highest BCUT2D eigenvalue weighted by Crippen LogP contribution is 2.19. The summed E-state index contributed by atoms with van der Waals surface area (Å²) in [6.45, 7) is 2.35. The average Bonchev–Trinajstić information content (AvgIpc) is 2.63. The first kappa shape index (κ1) is 12.0. The molecule has 1 amide bonds. The van der Waals surface area contributed by atoms with Gasteiger partial charge in [0, 0.05) is 6.54 Å². The summed E-state index contributed by atoms with van der Waals surface area (Å²) >= 11 is 0. The molecule has 0 radical (unpaired) electrons. The molecule has 0 aromatic carbocycles. The number of likely N-dealkylation sites (N-methyl/N-ethyl adjacent to an activating group) is 1. The average molecular weight is 214 g/mol. The predicted molar refractivity (Wildman–Crippen MR) is 55.5 cm³/mol. The lowest BCUT2D eigenvalue weighted by molar-refractivity contribution is -0.149. The van der Waals surface area contributed by atoms with E-state index in [-0.39, 0.29) is 11.9 Å². The summed E-state index contributed by atoms with van der Waals surface area (Å²) in [6.07, 6.45) is 1.35. The van der Waals surface area contributed by atoms with Crippen molar-refractivity contribution in [3.05, 3.63) is 0 Å². The number of aliphatic carboxylic acids is 1. The van der Waals surface area contributed by atoms with Gasteiger partial charge >= 0.3 is 5.97 Å². The second kappa shape index (κ2) is 4.61. The number of hydrogen-bond donors (Lipinski definition) is 1. The van der Waals surface area contributed by atoms with Crippen molar-refractivity contribution < 1.29 is 14.7 Å². The zero-order valence-corrected chi connectivity index (χ0v) is 9.43. The van der Waals surface area contributed by atoms with Crippen LogP contribution in [0.2, 0.25) is 0 Å². The van der Waals surface area contributed by atoms with Gasteiger partial charge in [0.15, 0.2) is 0 Å². The van der Waals surface area contributed by atoms with E-state index in [2.05, 4.69) is 0 Å². The van der Waals surface area contributed by atoms with E-state index < -0.39 is 12.0 Å². The van der Waals surface area contributed by atoms with Crippen LogP contribution < -0.4 is 0 Å². The largest absolute Gasteiger partial charge is 0.480 e. The Morgan fingerprint density at radius 2 is 2.07 bits per heavy atom. The Kier molecular flexibility index (Phi) is 3.68. The molecular formula is C10H18N2O3. The molecule has 1 rings (SSSR count). The van der Waals surface area contributed by atoms with E-state index in [1.165, 1.54) is 4.90 Å². The summed E-state index contributed by atoms with van der Waals surface area (Å²) in [5.41, 5.74) is 0. The van der Waals surface area contributed by atoms with Crippen molar-refractivity contribution in [1.82, 2.24) is 9.80 Å². The van der Waals surface area contributed by atoms with Crippen molar-refractivity contribution >= 4 is 11.9 Å². The van der Waals surface area contributed by atoms with Gasteiger partial charge in [-0.15, -0.1) is 0 Å². The zero-order chi connectivity index (χ0) is 11.6. The number of nitrogens with zero attached hydrogens (tertiary/aromatic N) is 2. The minimum atomic E-state index is -0.896. The Morgan fingerprint density at radius 1 is 1.47 bits per heavy atom. The van der Waals surface area contributed by atoms with Crippen molar-refractivity contribution in [3.63, 3.8) is 0 Å². The first-order valence-corrected chi connectivity index (χ1v) is 5.15. The molecule has 1 aliphatic rings. The van der Waals surface area contributed by atoms with E-state index in [0.717, 1.165) is 6.42 Å². The smallest absolute Gasteiger partial charge is 0.326 e. The molecular weight excluding hydrogens is 196 g/mol. The van der Waals surface area contributed by atoms with Crippen LogP contribution in [0.15, 0.2) is 0 Å². The van der Waals surface area contributed by atoms with Crippen LogP contribution in [0.1, 0.15) is 19.8 Å². The number of amides is 1. The van der Waals surface area contributed by atoms with Crippen molar-refractivity contribution in [2.24, 2.45) is 0 Å². The molecule has 0 unspecified atom stereocenters. The van der Waals surface area contributed by atoms with E-state index in [4.69, 9.17) is 5.11 Å². The molecule has 86 valence electrons. The first-order chi connectivity index (χ1) is 6.95. The quantitative estimate of drug-likeness (QED) is 0.719. The monoisotopic (exact) mass is 214 g/mol. The number of carboxylic acid groups (broad SMARTS) is 1. The minimum absolute atomic E-state index is 0.0927. The molecule has 1 heterocycles. The van der Waals surface area contributed by atoms with Gasteiger partial charge in [0.05, 0.1) is 6.04 Å². The SMILES string of the molecule is C[C@@H](C(=O)N1CCC[C@H]1C(=O)O)N(C)C. The Morgan fingerprint density at radius 3 is 2.53 bits per heavy atom. The van der Waals surface area contributed by atoms with Gasteiger partial charge < -0.3 is 10.0 Å². The first-order valence-electron chi connectivity index (χ1n) is 5.15. The number of carbonyl (C=O) groups is 2. The normalized spacial score (nSPS) is 23.2. The fourth-order valence-electron chi connectivity index (χ4n) is 1.75. The third kappa shape index (κ3) is 2.47. The fourth-order valence-corrected chi connectivity index (χ4v) is 1.75. The molecule has 2 atom stereocenters. The number of carboxylic acids is 1. The van der Waals surface area contributed by atoms with Gasteiger partial charge in [-0.05, 0) is 33.9 Å². The van der Waals surface area contributed by atoms with E-state index in [1.807, 2.05) is 14.1 Å². The van der Waals surface area contributed by atoms with Crippen molar-refractivity contribution in [3.8, 4) is 0 Å². The van der Waals surface area contributed by atoms with Crippen LogP contribution in [0, 0.1) is 0 Å². The summed E-state index contributed by atoms with van der Waals surface area (Å²) in [6, 6.07) is -0.884. The second-order valence-electron chi connectivity index (χ2n) is 4.17. The summed E-state index contributed by atoms with van der Waals surface area (Å²) in [5.74, 6) is -0.989.